The average molecular weight is 308 g/mol. The van der Waals surface area contributed by atoms with E-state index in [-0.39, 0.29) is 11.0 Å². The number of benzene rings is 1. The van der Waals surface area contributed by atoms with Crippen molar-refractivity contribution in [3.8, 4) is 11.8 Å². The quantitative estimate of drug-likeness (QED) is 0.880. The molecule has 2 N–H and O–H groups in total. The van der Waals surface area contributed by atoms with Crippen molar-refractivity contribution >= 4 is 28.8 Å². The molecule has 4 nitrogen and oxygen atoms in total. The first kappa shape index (κ1) is 14.7. The minimum Gasteiger partial charge on any atom is -0.424 e. The summed E-state index contributed by atoms with van der Waals surface area (Å²) >= 11 is 11.0. The first-order valence-corrected chi connectivity index (χ1v) is 6.75. The van der Waals surface area contributed by atoms with Crippen molar-refractivity contribution in [2.45, 2.75) is 20.8 Å². The molecule has 0 amide bonds. The fourth-order valence-corrected chi connectivity index (χ4v) is 2.00. The molecule has 0 saturated carbocycles. The van der Waals surface area contributed by atoms with Crippen LogP contribution in [-0.2, 0) is 0 Å². The van der Waals surface area contributed by atoms with Crippen molar-refractivity contribution in [2.24, 2.45) is 5.73 Å². The summed E-state index contributed by atoms with van der Waals surface area (Å²) in [7, 11) is 0. The molecule has 2 rings (SSSR count). The van der Waals surface area contributed by atoms with E-state index >= 15 is 0 Å². The molecule has 6 heteroatoms. The van der Waals surface area contributed by atoms with Crippen LogP contribution in [0.2, 0.25) is 5.02 Å². The number of hydrogen-bond acceptors (Lipinski definition) is 4. The van der Waals surface area contributed by atoms with E-state index in [4.69, 9.17) is 34.3 Å². The third-order valence-corrected chi connectivity index (χ3v) is 3.51. The first-order chi connectivity index (χ1) is 9.36. The van der Waals surface area contributed by atoms with Gasteiger partial charge in [0.15, 0.2) is 0 Å². The molecular formula is C14H14ClN3OS. The van der Waals surface area contributed by atoms with Crippen LogP contribution < -0.4 is 10.5 Å². The van der Waals surface area contributed by atoms with Crippen LogP contribution >= 0.6 is 23.8 Å². The largest absolute Gasteiger partial charge is 0.424 e. The molecule has 0 aliphatic heterocycles. The zero-order valence-electron chi connectivity index (χ0n) is 11.4. The average Bonchev–Trinajstić information content (AvgIpc) is 2.35. The Labute approximate surface area is 128 Å². The van der Waals surface area contributed by atoms with Crippen LogP contribution in [0.15, 0.2) is 18.2 Å². The Morgan fingerprint density at radius 1 is 1.15 bits per heavy atom. The Hall–Kier alpha value is -1.72. The van der Waals surface area contributed by atoms with Crippen LogP contribution in [0.25, 0.3) is 0 Å². The van der Waals surface area contributed by atoms with Gasteiger partial charge >= 0.3 is 6.01 Å². The molecule has 20 heavy (non-hydrogen) atoms. The van der Waals surface area contributed by atoms with Crippen molar-refractivity contribution in [1.29, 1.82) is 0 Å². The summed E-state index contributed by atoms with van der Waals surface area (Å²) in [6.45, 7) is 5.66. The molecule has 0 spiro atoms. The predicted octanol–water partition coefficient (Wildman–Crippen LogP) is 3.48. The number of ether oxygens (including phenoxy) is 1. The monoisotopic (exact) mass is 307 g/mol. The van der Waals surface area contributed by atoms with Gasteiger partial charge in [0.05, 0.1) is 0 Å². The summed E-state index contributed by atoms with van der Waals surface area (Å²) in [5.41, 5.74) is 8.68. The van der Waals surface area contributed by atoms with Gasteiger partial charge in [-0.3, -0.25) is 0 Å². The van der Waals surface area contributed by atoms with Crippen LogP contribution in [0.4, 0.5) is 0 Å². The molecule has 0 aliphatic rings. The van der Waals surface area contributed by atoms with Gasteiger partial charge in [-0.25, -0.2) is 4.98 Å². The third kappa shape index (κ3) is 3.23. The van der Waals surface area contributed by atoms with Gasteiger partial charge in [-0.2, -0.15) is 4.98 Å². The van der Waals surface area contributed by atoms with Crippen molar-refractivity contribution in [3.63, 3.8) is 0 Å². The highest BCUT2D eigenvalue weighted by Crippen LogP contribution is 2.28. The van der Waals surface area contributed by atoms with E-state index in [0.29, 0.717) is 11.4 Å². The zero-order valence-corrected chi connectivity index (χ0v) is 13.0. The summed E-state index contributed by atoms with van der Waals surface area (Å²) < 4.78 is 5.67. The van der Waals surface area contributed by atoms with Gasteiger partial charge in [0.1, 0.15) is 16.4 Å². The van der Waals surface area contributed by atoms with Crippen molar-refractivity contribution < 1.29 is 4.74 Å². The molecule has 1 aromatic heterocycles. The van der Waals surface area contributed by atoms with Crippen molar-refractivity contribution in [3.05, 3.63) is 45.7 Å². The number of aromatic nitrogens is 2. The van der Waals surface area contributed by atoms with E-state index in [1.165, 1.54) is 0 Å². The second kappa shape index (κ2) is 5.73. The number of halogens is 1. The standard InChI is InChI=1S/C14H14ClN3OS/c1-7-4-10(5-8(2)12(7)15)19-14-17-9(3)6-11(18-14)13(16)20/h4-6H,1-3H3,(H2,16,20). The van der Waals surface area contributed by atoms with Crippen LogP contribution in [0.5, 0.6) is 11.8 Å². The molecule has 1 aromatic carbocycles. The number of thiocarbonyl (C=S) groups is 1. The maximum absolute atomic E-state index is 6.12. The number of nitrogens with zero attached hydrogens (tertiary/aromatic N) is 2. The molecule has 1 heterocycles. The van der Waals surface area contributed by atoms with Gasteiger partial charge < -0.3 is 10.5 Å². The molecule has 104 valence electrons. The minimum absolute atomic E-state index is 0.212. The summed E-state index contributed by atoms with van der Waals surface area (Å²) in [6.07, 6.45) is 0. The van der Waals surface area contributed by atoms with E-state index < -0.39 is 0 Å². The van der Waals surface area contributed by atoms with Crippen molar-refractivity contribution in [1.82, 2.24) is 9.97 Å². The van der Waals surface area contributed by atoms with Crippen LogP contribution in [-0.4, -0.2) is 15.0 Å². The molecule has 2 aromatic rings. The second-order valence-corrected chi connectivity index (χ2v) is 5.33. The predicted molar refractivity (Wildman–Crippen MR) is 83.7 cm³/mol. The Balaban J connectivity index is 2.37. The Morgan fingerprint density at radius 3 is 2.30 bits per heavy atom. The second-order valence-electron chi connectivity index (χ2n) is 4.51. The normalized spacial score (nSPS) is 10.4. The molecule has 0 aliphatic carbocycles. The van der Waals surface area contributed by atoms with Gasteiger partial charge in [0.2, 0.25) is 0 Å². The van der Waals surface area contributed by atoms with Gasteiger partial charge in [-0.1, -0.05) is 23.8 Å². The number of aryl methyl sites for hydroxylation is 3. The fraction of sp³-hybridized carbons (Fsp3) is 0.214. The summed E-state index contributed by atoms with van der Waals surface area (Å²) in [6, 6.07) is 5.60. The summed E-state index contributed by atoms with van der Waals surface area (Å²) in [5, 5.41) is 0.728. The number of nitrogens with two attached hydrogens (primary N) is 1. The summed E-state index contributed by atoms with van der Waals surface area (Å²) in [4.78, 5) is 8.60. The first-order valence-electron chi connectivity index (χ1n) is 5.97. The molecule has 0 saturated heterocycles. The lowest BCUT2D eigenvalue weighted by atomic mass is 10.1. The lowest BCUT2D eigenvalue weighted by molar-refractivity contribution is 0.439. The smallest absolute Gasteiger partial charge is 0.322 e. The van der Waals surface area contributed by atoms with Crippen LogP contribution in [0.1, 0.15) is 22.5 Å². The molecule has 0 atom stereocenters. The Bertz CT molecular complexity index is 665. The van der Waals surface area contributed by atoms with Crippen LogP contribution in [0, 0.1) is 20.8 Å². The highest BCUT2D eigenvalue weighted by molar-refractivity contribution is 7.80. The van der Waals surface area contributed by atoms with E-state index in [9.17, 15) is 0 Å². The van der Waals surface area contributed by atoms with Gasteiger partial charge in [0.25, 0.3) is 0 Å². The highest BCUT2D eigenvalue weighted by atomic mass is 35.5. The van der Waals surface area contributed by atoms with E-state index in [1.54, 1.807) is 6.07 Å². The van der Waals surface area contributed by atoms with E-state index in [0.717, 1.165) is 21.8 Å². The molecular weight excluding hydrogens is 294 g/mol. The van der Waals surface area contributed by atoms with Crippen LogP contribution in [0.3, 0.4) is 0 Å². The topological polar surface area (TPSA) is 61.0 Å². The number of rotatable bonds is 3. The Morgan fingerprint density at radius 2 is 1.75 bits per heavy atom. The SMILES string of the molecule is Cc1cc(C(N)=S)nc(Oc2cc(C)c(Cl)c(C)c2)n1. The number of hydrogen-bond donors (Lipinski definition) is 1. The lowest BCUT2D eigenvalue weighted by Gasteiger charge is -2.09. The van der Waals surface area contributed by atoms with Gasteiger partial charge in [-0.05, 0) is 50.1 Å². The van der Waals surface area contributed by atoms with E-state index in [2.05, 4.69) is 9.97 Å². The van der Waals surface area contributed by atoms with E-state index in [1.807, 2.05) is 32.9 Å². The highest BCUT2D eigenvalue weighted by Gasteiger charge is 2.09. The molecule has 0 bridgehead atoms. The van der Waals surface area contributed by atoms with Crippen molar-refractivity contribution in [2.75, 3.05) is 0 Å². The van der Waals surface area contributed by atoms with Gasteiger partial charge in [0, 0.05) is 10.7 Å². The maximum atomic E-state index is 6.12. The third-order valence-electron chi connectivity index (χ3n) is 2.71. The Kier molecular flexibility index (Phi) is 4.20. The van der Waals surface area contributed by atoms with Gasteiger partial charge in [-0.15, -0.1) is 0 Å². The minimum atomic E-state index is 0.212. The maximum Gasteiger partial charge on any atom is 0.322 e. The molecule has 0 fully saturated rings. The lowest BCUT2D eigenvalue weighted by Crippen LogP contribution is -2.13. The fourth-order valence-electron chi connectivity index (χ4n) is 1.78. The summed E-state index contributed by atoms with van der Waals surface area (Å²) in [5.74, 6) is 0.629. The molecule has 0 radical (unpaired) electrons. The molecule has 0 unspecified atom stereocenters. The zero-order chi connectivity index (χ0) is 14.9.